The third-order valence-electron chi connectivity index (χ3n) is 5.22. The number of hydrogen-bond acceptors (Lipinski definition) is 4. The van der Waals surface area contributed by atoms with Crippen LogP contribution in [-0.4, -0.2) is 54.3 Å². The maximum atomic E-state index is 13.1. The van der Waals surface area contributed by atoms with Gasteiger partial charge in [0.2, 0.25) is 11.8 Å². The Labute approximate surface area is 181 Å². The van der Waals surface area contributed by atoms with Gasteiger partial charge in [-0.05, 0) is 29.7 Å². The van der Waals surface area contributed by atoms with Gasteiger partial charge in [0.25, 0.3) is 0 Å². The summed E-state index contributed by atoms with van der Waals surface area (Å²) < 4.78 is 4.75. The van der Waals surface area contributed by atoms with E-state index in [-0.39, 0.29) is 31.3 Å². The van der Waals surface area contributed by atoms with E-state index in [2.05, 4.69) is 0 Å². The van der Waals surface area contributed by atoms with Crippen molar-refractivity contribution in [1.29, 1.82) is 0 Å². The zero-order chi connectivity index (χ0) is 21.5. The molecule has 0 bridgehead atoms. The molecular formula is C23H25ClN2O4. The second kappa shape index (κ2) is 10.3. The number of carbonyl (C=O) groups is 3. The number of carbonyl (C=O) groups excluding carboxylic acids is 3. The second-order valence-corrected chi connectivity index (χ2v) is 7.81. The zero-order valence-corrected chi connectivity index (χ0v) is 17.7. The first kappa shape index (κ1) is 21.8. The lowest BCUT2D eigenvalue weighted by Gasteiger charge is -2.25. The minimum Gasteiger partial charge on any atom is -0.468 e. The van der Waals surface area contributed by atoms with Crippen LogP contribution in [0.1, 0.15) is 17.5 Å². The molecule has 1 atom stereocenters. The average Bonchev–Trinajstić information content (AvgIpc) is 3.14. The number of benzene rings is 2. The van der Waals surface area contributed by atoms with Gasteiger partial charge in [-0.1, -0.05) is 54.1 Å². The van der Waals surface area contributed by atoms with Gasteiger partial charge in [-0.3, -0.25) is 14.4 Å². The van der Waals surface area contributed by atoms with Crippen LogP contribution in [-0.2, 0) is 32.1 Å². The molecule has 0 aromatic heterocycles. The van der Waals surface area contributed by atoms with Crippen LogP contribution in [0.5, 0.6) is 0 Å². The summed E-state index contributed by atoms with van der Waals surface area (Å²) in [5.41, 5.74) is 2.00. The van der Waals surface area contributed by atoms with Crippen molar-refractivity contribution < 1.29 is 19.1 Å². The number of hydrogen-bond donors (Lipinski definition) is 0. The van der Waals surface area contributed by atoms with E-state index in [1.165, 1.54) is 12.0 Å². The van der Waals surface area contributed by atoms with Crippen LogP contribution in [0.4, 0.5) is 0 Å². The van der Waals surface area contributed by atoms with Crippen LogP contribution < -0.4 is 0 Å². The summed E-state index contributed by atoms with van der Waals surface area (Å²) in [4.78, 5) is 40.6. The maximum absolute atomic E-state index is 13.1. The maximum Gasteiger partial charge on any atom is 0.325 e. The molecule has 1 aliphatic heterocycles. The molecule has 0 radical (unpaired) electrons. The highest BCUT2D eigenvalue weighted by Gasteiger charge is 2.36. The van der Waals surface area contributed by atoms with Crippen molar-refractivity contribution in [3.63, 3.8) is 0 Å². The number of halogens is 1. The van der Waals surface area contributed by atoms with E-state index >= 15 is 0 Å². The molecule has 6 nitrogen and oxygen atoms in total. The lowest BCUT2D eigenvalue weighted by Crippen LogP contribution is -2.40. The second-order valence-electron chi connectivity index (χ2n) is 7.37. The van der Waals surface area contributed by atoms with Crippen LogP contribution in [0.3, 0.4) is 0 Å². The van der Waals surface area contributed by atoms with Crippen LogP contribution in [0.25, 0.3) is 0 Å². The number of amides is 2. The number of nitrogens with zero attached hydrogens (tertiary/aromatic N) is 2. The molecule has 1 saturated heterocycles. The Hall–Kier alpha value is -2.86. The zero-order valence-electron chi connectivity index (χ0n) is 16.9. The molecule has 0 N–H and O–H groups in total. The minimum absolute atomic E-state index is 0.0335. The lowest BCUT2D eigenvalue weighted by atomic mass is 10.1. The monoisotopic (exact) mass is 428 g/mol. The van der Waals surface area contributed by atoms with Crippen molar-refractivity contribution >= 4 is 29.4 Å². The molecule has 2 amide bonds. The molecule has 158 valence electrons. The van der Waals surface area contributed by atoms with Crippen LogP contribution in [0.15, 0.2) is 54.6 Å². The van der Waals surface area contributed by atoms with E-state index in [9.17, 15) is 14.4 Å². The summed E-state index contributed by atoms with van der Waals surface area (Å²) in [6.07, 6.45) is 0.899. The molecule has 30 heavy (non-hydrogen) atoms. The first-order valence-corrected chi connectivity index (χ1v) is 10.3. The number of ether oxygens (including phenoxy) is 1. The number of likely N-dealkylation sites (tertiary alicyclic amines) is 1. The summed E-state index contributed by atoms with van der Waals surface area (Å²) in [5, 5.41) is 0.597. The van der Waals surface area contributed by atoms with Crippen LogP contribution >= 0.6 is 11.6 Å². The Kier molecular flexibility index (Phi) is 7.46. The topological polar surface area (TPSA) is 66.9 Å². The Morgan fingerprint density at radius 2 is 1.80 bits per heavy atom. The summed E-state index contributed by atoms with van der Waals surface area (Å²) in [5.74, 6) is -1.22. The summed E-state index contributed by atoms with van der Waals surface area (Å²) in [6, 6.07) is 17.0. The standard InChI is InChI=1S/C23H25ClN2O4/c1-30-22(28)16-26(14-18-7-9-20(24)10-8-18)23(29)19-13-21(27)25(15-19)12-11-17-5-3-2-4-6-17/h2-10,19H,11-16H2,1H3/t19-/m0/s1. The molecule has 0 unspecified atom stereocenters. The molecule has 1 fully saturated rings. The van der Waals surface area contributed by atoms with Gasteiger partial charge in [0.1, 0.15) is 6.54 Å². The van der Waals surface area contributed by atoms with Gasteiger partial charge >= 0.3 is 5.97 Å². The quantitative estimate of drug-likeness (QED) is 0.606. The molecule has 7 heteroatoms. The number of methoxy groups -OCH3 is 1. The van der Waals surface area contributed by atoms with Gasteiger partial charge in [0.05, 0.1) is 13.0 Å². The van der Waals surface area contributed by atoms with Crippen molar-refractivity contribution in [2.24, 2.45) is 5.92 Å². The molecular weight excluding hydrogens is 404 g/mol. The summed E-state index contributed by atoms with van der Waals surface area (Å²) >= 11 is 5.93. The van der Waals surface area contributed by atoms with Gasteiger partial charge in [-0.15, -0.1) is 0 Å². The highest BCUT2D eigenvalue weighted by molar-refractivity contribution is 6.30. The van der Waals surface area contributed by atoms with Gasteiger partial charge < -0.3 is 14.5 Å². The smallest absolute Gasteiger partial charge is 0.325 e. The first-order chi connectivity index (χ1) is 14.5. The van der Waals surface area contributed by atoms with Gasteiger partial charge in [0.15, 0.2) is 0 Å². The molecule has 1 heterocycles. The van der Waals surface area contributed by atoms with Gasteiger partial charge in [0, 0.05) is 31.1 Å². The van der Waals surface area contributed by atoms with E-state index in [0.717, 1.165) is 17.5 Å². The highest BCUT2D eigenvalue weighted by Crippen LogP contribution is 2.22. The number of esters is 1. The van der Waals surface area contributed by atoms with Gasteiger partial charge in [-0.2, -0.15) is 0 Å². The molecule has 2 aromatic carbocycles. The normalized spacial score (nSPS) is 15.9. The predicted octanol–water partition coefficient (Wildman–Crippen LogP) is 2.93. The van der Waals surface area contributed by atoms with Crippen molar-refractivity contribution in [2.45, 2.75) is 19.4 Å². The van der Waals surface area contributed by atoms with Crippen molar-refractivity contribution in [3.8, 4) is 0 Å². The van der Waals surface area contributed by atoms with Gasteiger partial charge in [-0.25, -0.2) is 0 Å². The molecule has 2 aromatic rings. The van der Waals surface area contributed by atoms with E-state index < -0.39 is 11.9 Å². The van der Waals surface area contributed by atoms with Crippen LogP contribution in [0.2, 0.25) is 5.02 Å². The third kappa shape index (κ3) is 5.83. The average molecular weight is 429 g/mol. The third-order valence-corrected chi connectivity index (χ3v) is 5.47. The van der Waals surface area contributed by atoms with Crippen molar-refractivity contribution in [2.75, 3.05) is 26.7 Å². The lowest BCUT2D eigenvalue weighted by molar-refractivity contribution is -0.148. The van der Waals surface area contributed by atoms with E-state index in [1.807, 2.05) is 42.5 Å². The molecule has 1 aliphatic rings. The molecule has 3 rings (SSSR count). The fraction of sp³-hybridized carbons (Fsp3) is 0.348. The van der Waals surface area contributed by atoms with E-state index in [0.29, 0.717) is 18.1 Å². The van der Waals surface area contributed by atoms with Crippen molar-refractivity contribution in [3.05, 3.63) is 70.7 Å². The summed E-state index contributed by atoms with van der Waals surface area (Å²) in [6.45, 7) is 1.02. The Bertz CT molecular complexity index is 886. The largest absolute Gasteiger partial charge is 0.468 e. The molecule has 0 spiro atoms. The predicted molar refractivity (Wildman–Crippen MR) is 114 cm³/mol. The van der Waals surface area contributed by atoms with E-state index in [1.54, 1.807) is 17.0 Å². The summed E-state index contributed by atoms with van der Waals surface area (Å²) in [7, 11) is 1.29. The van der Waals surface area contributed by atoms with E-state index in [4.69, 9.17) is 16.3 Å². The SMILES string of the molecule is COC(=O)CN(Cc1ccc(Cl)cc1)C(=O)[C@H]1CC(=O)N(CCc2ccccc2)C1. The Morgan fingerprint density at radius 3 is 2.47 bits per heavy atom. The molecule has 0 aliphatic carbocycles. The molecule has 0 saturated carbocycles. The van der Waals surface area contributed by atoms with Crippen LogP contribution in [0, 0.1) is 5.92 Å². The highest BCUT2D eigenvalue weighted by atomic mass is 35.5. The Balaban J connectivity index is 1.65. The fourth-order valence-electron chi connectivity index (χ4n) is 3.56. The fourth-order valence-corrected chi connectivity index (χ4v) is 3.69. The number of rotatable bonds is 8. The first-order valence-electron chi connectivity index (χ1n) is 9.88. The minimum atomic E-state index is -0.498. The Morgan fingerprint density at radius 1 is 1.10 bits per heavy atom. The van der Waals surface area contributed by atoms with Crippen molar-refractivity contribution in [1.82, 2.24) is 9.80 Å².